The highest BCUT2D eigenvalue weighted by Crippen LogP contribution is 2.37. The molecule has 142 valence electrons. The van der Waals surface area contributed by atoms with Crippen LogP contribution in [0.4, 0.5) is 0 Å². The van der Waals surface area contributed by atoms with Crippen molar-refractivity contribution in [3.63, 3.8) is 0 Å². The van der Waals surface area contributed by atoms with Crippen molar-refractivity contribution in [2.45, 2.75) is 31.5 Å². The van der Waals surface area contributed by atoms with Gasteiger partial charge in [0.1, 0.15) is 6.04 Å². The topological polar surface area (TPSA) is 49.4 Å². The van der Waals surface area contributed by atoms with Crippen LogP contribution < -0.4 is 5.32 Å². The molecule has 0 radical (unpaired) electrons. The number of benzene rings is 2. The van der Waals surface area contributed by atoms with E-state index >= 15 is 0 Å². The third-order valence-corrected chi connectivity index (χ3v) is 5.48. The molecule has 2 aromatic rings. The summed E-state index contributed by atoms with van der Waals surface area (Å²) in [5.74, 6) is -0.0381. The van der Waals surface area contributed by atoms with Crippen LogP contribution in [0.1, 0.15) is 24.0 Å². The highest BCUT2D eigenvalue weighted by atomic mass is 16.2. The fourth-order valence-electron chi connectivity index (χ4n) is 3.95. The van der Waals surface area contributed by atoms with Crippen molar-refractivity contribution < 1.29 is 9.59 Å². The Morgan fingerprint density at radius 3 is 2.46 bits per heavy atom. The molecule has 1 N–H and O–H groups in total. The lowest BCUT2D eigenvalue weighted by Gasteiger charge is -2.50. The predicted octanol–water partition coefficient (Wildman–Crippen LogP) is 3.56. The van der Waals surface area contributed by atoms with Gasteiger partial charge in [-0.25, -0.2) is 0 Å². The molecule has 4 nitrogen and oxygen atoms in total. The number of amides is 2. The van der Waals surface area contributed by atoms with Crippen molar-refractivity contribution in [2.75, 3.05) is 0 Å². The van der Waals surface area contributed by atoms with Gasteiger partial charge in [-0.15, -0.1) is 0 Å². The average Bonchev–Trinajstić information content (AvgIpc) is 2.76. The van der Waals surface area contributed by atoms with Gasteiger partial charge in [-0.05, 0) is 24.0 Å². The monoisotopic (exact) mass is 372 g/mol. The smallest absolute Gasteiger partial charge is 0.247 e. The van der Waals surface area contributed by atoms with E-state index < -0.39 is 6.04 Å². The molecule has 0 saturated carbocycles. The molecule has 0 spiro atoms. The molecule has 2 aromatic carbocycles. The molecule has 4 heteroatoms. The van der Waals surface area contributed by atoms with Crippen molar-refractivity contribution in [1.82, 2.24) is 10.2 Å². The second kappa shape index (κ2) is 8.26. The minimum atomic E-state index is -0.593. The Hall–Kier alpha value is -3.14. The summed E-state index contributed by atoms with van der Waals surface area (Å²) in [5, 5.41) is 3.00. The summed E-state index contributed by atoms with van der Waals surface area (Å²) in [6.45, 7) is 0.450. The van der Waals surface area contributed by atoms with Crippen LogP contribution in [0.3, 0.4) is 0 Å². The summed E-state index contributed by atoms with van der Waals surface area (Å²) in [5.41, 5.74) is 2.05. The third kappa shape index (κ3) is 3.77. The van der Waals surface area contributed by atoms with Crippen LogP contribution in [0.5, 0.6) is 0 Å². The van der Waals surface area contributed by atoms with E-state index in [1.165, 1.54) is 0 Å². The van der Waals surface area contributed by atoms with Gasteiger partial charge in [0.2, 0.25) is 11.8 Å². The van der Waals surface area contributed by atoms with E-state index in [9.17, 15) is 9.59 Å². The van der Waals surface area contributed by atoms with Gasteiger partial charge >= 0.3 is 0 Å². The van der Waals surface area contributed by atoms with Crippen molar-refractivity contribution in [1.29, 1.82) is 0 Å². The third-order valence-electron chi connectivity index (χ3n) is 5.48. The molecule has 0 aromatic heterocycles. The van der Waals surface area contributed by atoms with Crippen molar-refractivity contribution in [3.8, 4) is 0 Å². The molecule has 1 fully saturated rings. The summed E-state index contributed by atoms with van der Waals surface area (Å²) in [4.78, 5) is 27.5. The Balaban J connectivity index is 1.52. The van der Waals surface area contributed by atoms with E-state index in [4.69, 9.17) is 0 Å². The maximum Gasteiger partial charge on any atom is 0.247 e. The number of likely N-dealkylation sites (tertiary alicyclic amines) is 1. The average molecular weight is 372 g/mol. The number of nitrogens with one attached hydrogen (secondary N) is 1. The molecule has 3 atom stereocenters. The van der Waals surface area contributed by atoms with Gasteiger partial charge in [-0.3, -0.25) is 9.59 Å². The fraction of sp³-hybridized carbons (Fsp3) is 0.250. The van der Waals surface area contributed by atoms with Gasteiger partial charge in [-0.2, -0.15) is 0 Å². The number of carbonyl (C=O) groups is 2. The highest BCUT2D eigenvalue weighted by molar-refractivity contribution is 5.94. The second-order valence-electron chi connectivity index (χ2n) is 7.28. The number of β-lactam (4-membered cyclic amide) rings is 1. The molecule has 1 unspecified atom stereocenters. The summed E-state index contributed by atoms with van der Waals surface area (Å²) in [6, 6.07) is 19.2. The van der Waals surface area contributed by atoms with Crippen LogP contribution in [0, 0.1) is 5.92 Å². The summed E-state index contributed by atoms with van der Waals surface area (Å²) < 4.78 is 0. The first-order chi connectivity index (χ1) is 13.7. The van der Waals surface area contributed by atoms with E-state index in [-0.39, 0.29) is 23.8 Å². The van der Waals surface area contributed by atoms with Crippen molar-refractivity contribution in [2.24, 2.45) is 5.92 Å². The number of rotatable bonds is 6. The van der Waals surface area contributed by atoms with Crippen LogP contribution in [-0.2, 0) is 16.1 Å². The van der Waals surface area contributed by atoms with Gasteiger partial charge in [0, 0.05) is 12.6 Å². The van der Waals surface area contributed by atoms with Gasteiger partial charge < -0.3 is 10.2 Å². The lowest BCUT2D eigenvalue weighted by atomic mass is 9.78. The van der Waals surface area contributed by atoms with Crippen LogP contribution in [0.15, 0.2) is 78.9 Å². The molecule has 2 amide bonds. The Morgan fingerprint density at radius 1 is 1.04 bits per heavy atom. The maximum atomic E-state index is 13.0. The molecule has 1 aliphatic heterocycles. The zero-order valence-electron chi connectivity index (χ0n) is 15.7. The lowest BCUT2D eigenvalue weighted by molar-refractivity contribution is -0.162. The number of carbonyl (C=O) groups excluding carboxylic acids is 2. The summed E-state index contributed by atoms with van der Waals surface area (Å²) >= 11 is 0. The first-order valence-corrected chi connectivity index (χ1v) is 9.76. The number of hydrogen-bond acceptors (Lipinski definition) is 2. The zero-order valence-corrected chi connectivity index (χ0v) is 15.7. The zero-order chi connectivity index (χ0) is 19.3. The first-order valence-electron chi connectivity index (χ1n) is 9.76. The second-order valence-corrected chi connectivity index (χ2v) is 7.28. The van der Waals surface area contributed by atoms with Crippen LogP contribution in [0.2, 0.25) is 0 Å². The van der Waals surface area contributed by atoms with Crippen LogP contribution >= 0.6 is 0 Å². The molecule has 1 saturated heterocycles. The van der Waals surface area contributed by atoms with E-state index in [0.717, 1.165) is 24.0 Å². The fourth-order valence-corrected chi connectivity index (χ4v) is 3.95. The van der Waals surface area contributed by atoms with Gasteiger partial charge in [0.05, 0.1) is 5.92 Å². The van der Waals surface area contributed by atoms with Gasteiger partial charge in [-0.1, -0.05) is 85.0 Å². The Kier molecular flexibility index (Phi) is 5.38. The largest absolute Gasteiger partial charge is 0.350 e. The molecular formula is C24H24N2O2. The normalized spacial score (nSPS) is 21.9. The molecular weight excluding hydrogens is 348 g/mol. The molecule has 28 heavy (non-hydrogen) atoms. The standard InChI is InChI=1S/C24H24N2O2/c27-23(25-17-19-11-5-2-6-12-19)22(16-15-18-9-3-1-4-10-18)26-21-14-8-7-13-20(21)24(26)28/h1-12,15-16,20-22H,13-14,17H2,(H,25,27)/b16-15+/t20-,21+,22?/m1/s1. The number of nitrogens with zero attached hydrogens (tertiary/aromatic N) is 1. The van der Waals surface area contributed by atoms with E-state index in [1.807, 2.05) is 72.8 Å². The van der Waals surface area contributed by atoms with E-state index in [0.29, 0.717) is 6.54 Å². The quantitative estimate of drug-likeness (QED) is 0.623. The van der Waals surface area contributed by atoms with E-state index in [1.54, 1.807) is 4.90 Å². The van der Waals surface area contributed by atoms with Crippen LogP contribution in [0.25, 0.3) is 6.08 Å². The highest BCUT2D eigenvalue weighted by Gasteiger charge is 2.50. The predicted molar refractivity (Wildman–Crippen MR) is 110 cm³/mol. The molecule has 4 rings (SSSR count). The number of fused-ring (bicyclic) bond motifs is 1. The Bertz CT molecular complexity index is 889. The molecule has 1 aliphatic carbocycles. The minimum absolute atomic E-state index is 0.0274. The van der Waals surface area contributed by atoms with E-state index in [2.05, 4.69) is 17.5 Å². The first kappa shape index (κ1) is 18.2. The molecule has 2 aliphatic rings. The number of allylic oxidation sites excluding steroid dienone is 1. The van der Waals surface area contributed by atoms with Crippen molar-refractivity contribution >= 4 is 17.9 Å². The minimum Gasteiger partial charge on any atom is -0.350 e. The Labute approximate surface area is 165 Å². The van der Waals surface area contributed by atoms with Gasteiger partial charge in [0.15, 0.2) is 0 Å². The Morgan fingerprint density at radius 2 is 1.71 bits per heavy atom. The number of hydrogen-bond donors (Lipinski definition) is 1. The van der Waals surface area contributed by atoms with Crippen LogP contribution in [-0.4, -0.2) is 28.8 Å². The summed E-state index contributed by atoms with van der Waals surface area (Å²) in [6.07, 6.45) is 9.55. The maximum absolute atomic E-state index is 13.0. The summed E-state index contributed by atoms with van der Waals surface area (Å²) in [7, 11) is 0. The van der Waals surface area contributed by atoms with Crippen molar-refractivity contribution in [3.05, 3.63) is 90.0 Å². The lowest BCUT2D eigenvalue weighted by Crippen LogP contribution is -2.67. The van der Waals surface area contributed by atoms with Gasteiger partial charge in [0.25, 0.3) is 0 Å². The molecule has 1 heterocycles. The SMILES string of the molecule is O=C(NCc1ccccc1)C(/C=C/c1ccccc1)N1C(=O)[C@@H]2CC=CC[C@@H]21. The molecule has 0 bridgehead atoms.